The number of nitrogens with one attached hydrogen (secondary N) is 2. The van der Waals surface area contributed by atoms with E-state index in [4.69, 9.17) is 14.2 Å². The van der Waals surface area contributed by atoms with Crippen LogP contribution in [-0.2, 0) is 19.3 Å². The fraction of sp³-hybridized carbons (Fsp3) is 0.409. The van der Waals surface area contributed by atoms with Crippen LogP contribution in [-0.4, -0.2) is 46.9 Å². The third-order valence-electron chi connectivity index (χ3n) is 4.86. The third kappa shape index (κ3) is 5.09. The minimum Gasteiger partial charge on any atom is -0.497 e. The summed E-state index contributed by atoms with van der Waals surface area (Å²) in [5.74, 6) is 3.53. The van der Waals surface area contributed by atoms with Gasteiger partial charge >= 0.3 is 0 Å². The van der Waals surface area contributed by atoms with E-state index in [9.17, 15) is 0 Å². The van der Waals surface area contributed by atoms with E-state index < -0.39 is 0 Å². The van der Waals surface area contributed by atoms with Gasteiger partial charge in [-0.3, -0.25) is 4.99 Å². The van der Waals surface area contributed by atoms with Crippen molar-refractivity contribution in [2.24, 2.45) is 4.99 Å². The molecule has 2 aromatic carbocycles. The Morgan fingerprint density at radius 2 is 1.86 bits per heavy atom. The summed E-state index contributed by atoms with van der Waals surface area (Å²) in [5, 5.41) is 6.73. The highest BCUT2D eigenvalue weighted by Gasteiger charge is 2.12. The van der Waals surface area contributed by atoms with Crippen LogP contribution in [0, 0.1) is 0 Å². The molecule has 0 aliphatic carbocycles. The Kier molecular flexibility index (Phi) is 7.00. The van der Waals surface area contributed by atoms with E-state index in [0.717, 1.165) is 67.7 Å². The molecule has 0 bridgehead atoms. The minimum absolute atomic E-state index is 0.749. The lowest BCUT2D eigenvalue weighted by Gasteiger charge is -2.14. The number of hydrogen-bond acceptors (Lipinski definition) is 4. The van der Waals surface area contributed by atoms with Crippen LogP contribution in [0.2, 0.25) is 0 Å². The molecule has 2 aromatic rings. The fourth-order valence-electron chi connectivity index (χ4n) is 3.33. The van der Waals surface area contributed by atoms with E-state index in [1.807, 2.05) is 18.2 Å². The van der Waals surface area contributed by atoms with Crippen LogP contribution < -0.4 is 24.8 Å². The number of benzene rings is 2. The molecule has 1 aliphatic rings. The standard InChI is InChI=1S/C22H29N3O3/c1-23-22(24-11-8-16-4-6-21-18(14-16)10-13-28-21)25-12-9-17-15-19(26-2)5-7-20(17)27-3/h4-7,14-15H,8-13H2,1-3H3,(H2,23,24,25). The van der Waals surface area contributed by atoms with Crippen molar-refractivity contribution in [2.45, 2.75) is 19.3 Å². The van der Waals surface area contributed by atoms with Gasteiger partial charge in [0.25, 0.3) is 0 Å². The molecule has 1 aliphatic heterocycles. The van der Waals surface area contributed by atoms with E-state index in [-0.39, 0.29) is 0 Å². The maximum absolute atomic E-state index is 5.56. The summed E-state index contributed by atoms with van der Waals surface area (Å²) >= 11 is 0. The summed E-state index contributed by atoms with van der Waals surface area (Å²) in [6.45, 7) is 2.37. The van der Waals surface area contributed by atoms with Crippen LogP contribution in [0.4, 0.5) is 0 Å². The molecule has 6 heteroatoms. The Hall–Kier alpha value is -2.89. The first-order valence-electron chi connectivity index (χ1n) is 9.63. The largest absolute Gasteiger partial charge is 0.497 e. The van der Waals surface area contributed by atoms with E-state index in [2.05, 4.69) is 33.8 Å². The number of aliphatic imine (C=N–C) groups is 1. The fourth-order valence-corrected chi connectivity index (χ4v) is 3.33. The van der Waals surface area contributed by atoms with Gasteiger partial charge in [-0.05, 0) is 53.8 Å². The molecule has 0 saturated heterocycles. The van der Waals surface area contributed by atoms with Crippen molar-refractivity contribution >= 4 is 5.96 Å². The molecule has 3 rings (SSSR count). The van der Waals surface area contributed by atoms with Crippen molar-refractivity contribution < 1.29 is 14.2 Å². The Bertz CT molecular complexity index is 821. The molecule has 150 valence electrons. The topological polar surface area (TPSA) is 64.1 Å². The molecule has 0 unspecified atom stereocenters. The van der Waals surface area contributed by atoms with Crippen molar-refractivity contribution in [3.63, 3.8) is 0 Å². The first-order valence-corrected chi connectivity index (χ1v) is 9.63. The molecule has 0 fully saturated rings. The van der Waals surface area contributed by atoms with E-state index in [1.165, 1.54) is 11.1 Å². The molecule has 28 heavy (non-hydrogen) atoms. The van der Waals surface area contributed by atoms with Gasteiger partial charge in [0.05, 0.1) is 20.8 Å². The number of ether oxygens (including phenoxy) is 3. The minimum atomic E-state index is 0.749. The van der Waals surface area contributed by atoms with Crippen molar-refractivity contribution in [1.29, 1.82) is 0 Å². The maximum atomic E-state index is 5.56. The highest BCUT2D eigenvalue weighted by atomic mass is 16.5. The van der Waals surface area contributed by atoms with Gasteiger partial charge < -0.3 is 24.8 Å². The molecule has 6 nitrogen and oxygen atoms in total. The zero-order valence-corrected chi connectivity index (χ0v) is 16.9. The smallest absolute Gasteiger partial charge is 0.190 e. The van der Waals surface area contributed by atoms with Gasteiger partial charge in [0.1, 0.15) is 17.2 Å². The zero-order valence-electron chi connectivity index (χ0n) is 16.9. The second-order valence-corrected chi connectivity index (χ2v) is 6.64. The van der Waals surface area contributed by atoms with E-state index >= 15 is 0 Å². The number of fused-ring (bicyclic) bond motifs is 1. The predicted molar refractivity (Wildman–Crippen MR) is 112 cm³/mol. The number of hydrogen-bond donors (Lipinski definition) is 2. The second kappa shape index (κ2) is 9.88. The number of rotatable bonds is 8. The first-order chi connectivity index (χ1) is 13.7. The summed E-state index contributed by atoms with van der Waals surface area (Å²) in [7, 11) is 5.14. The van der Waals surface area contributed by atoms with E-state index in [1.54, 1.807) is 21.3 Å². The van der Waals surface area contributed by atoms with Crippen molar-refractivity contribution in [3.05, 3.63) is 53.1 Å². The molecular weight excluding hydrogens is 354 g/mol. The van der Waals surface area contributed by atoms with Gasteiger partial charge in [0, 0.05) is 26.6 Å². The summed E-state index contributed by atoms with van der Waals surface area (Å²) in [6.07, 6.45) is 2.76. The molecule has 0 radical (unpaired) electrons. The molecule has 0 atom stereocenters. The lowest BCUT2D eigenvalue weighted by atomic mass is 10.1. The summed E-state index contributed by atoms with van der Waals surface area (Å²) in [6, 6.07) is 12.3. The molecule has 0 amide bonds. The van der Waals surface area contributed by atoms with Crippen molar-refractivity contribution in [3.8, 4) is 17.2 Å². The third-order valence-corrected chi connectivity index (χ3v) is 4.86. The Morgan fingerprint density at radius 3 is 2.61 bits per heavy atom. The van der Waals surface area contributed by atoms with E-state index in [0.29, 0.717) is 0 Å². The van der Waals surface area contributed by atoms with Crippen LogP contribution >= 0.6 is 0 Å². The van der Waals surface area contributed by atoms with Gasteiger partial charge in [0.2, 0.25) is 0 Å². The van der Waals surface area contributed by atoms with Crippen molar-refractivity contribution in [1.82, 2.24) is 10.6 Å². The highest BCUT2D eigenvalue weighted by Crippen LogP contribution is 2.26. The summed E-state index contributed by atoms with van der Waals surface area (Å²) in [4.78, 5) is 4.30. The average Bonchev–Trinajstić information content (AvgIpc) is 3.20. The molecule has 2 N–H and O–H groups in total. The quantitative estimate of drug-likeness (QED) is 0.542. The lowest BCUT2D eigenvalue weighted by molar-refractivity contribution is 0.357. The SMILES string of the molecule is CN=C(NCCc1ccc2c(c1)CCO2)NCCc1cc(OC)ccc1OC. The van der Waals surface area contributed by atoms with Crippen molar-refractivity contribution in [2.75, 3.05) is 41.0 Å². The van der Waals surface area contributed by atoms with Gasteiger partial charge in [-0.1, -0.05) is 12.1 Å². The summed E-state index contributed by atoms with van der Waals surface area (Å²) in [5.41, 5.74) is 3.73. The molecule has 0 saturated carbocycles. The summed E-state index contributed by atoms with van der Waals surface area (Å²) < 4.78 is 16.3. The van der Waals surface area contributed by atoms with Crippen LogP contribution in [0.15, 0.2) is 41.4 Å². The predicted octanol–water partition coefficient (Wildman–Crippen LogP) is 2.59. The van der Waals surface area contributed by atoms with Gasteiger partial charge in [0.15, 0.2) is 5.96 Å². The monoisotopic (exact) mass is 383 g/mol. The van der Waals surface area contributed by atoms with Gasteiger partial charge in [-0.15, -0.1) is 0 Å². The molecule has 0 spiro atoms. The number of methoxy groups -OCH3 is 2. The molecule has 1 heterocycles. The highest BCUT2D eigenvalue weighted by molar-refractivity contribution is 5.79. The molecule has 0 aromatic heterocycles. The first kappa shape index (κ1) is 19.9. The Labute approximate surface area is 166 Å². The van der Waals surface area contributed by atoms with Crippen LogP contribution in [0.3, 0.4) is 0 Å². The van der Waals surface area contributed by atoms with Crippen LogP contribution in [0.1, 0.15) is 16.7 Å². The van der Waals surface area contributed by atoms with Gasteiger partial charge in [-0.2, -0.15) is 0 Å². The van der Waals surface area contributed by atoms with Gasteiger partial charge in [-0.25, -0.2) is 0 Å². The number of guanidine groups is 1. The van der Waals surface area contributed by atoms with Crippen LogP contribution in [0.25, 0.3) is 0 Å². The average molecular weight is 383 g/mol. The van der Waals surface area contributed by atoms with Crippen LogP contribution in [0.5, 0.6) is 17.2 Å². The second-order valence-electron chi connectivity index (χ2n) is 6.64. The number of nitrogens with zero attached hydrogens (tertiary/aromatic N) is 1. The lowest BCUT2D eigenvalue weighted by Crippen LogP contribution is -2.39. The zero-order chi connectivity index (χ0) is 19.8. The Morgan fingerprint density at radius 1 is 1.04 bits per heavy atom. The Balaban J connectivity index is 1.45. The maximum Gasteiger partial charge on any atom is 0.190 e. The normalized spacial score (nSPS) is 12.9. The molecular formula is C22H29N3O3.